The van der Waals surface area contributed by atoms with Crippen LogP contribution in [-0.4, -0.2) is 12.7 Å². The number of hydrogen-bond acceptors (Lipinski definition) is 1. The summed E-state index contributed by atoms with van der Waals surface area (Å²) in [6.45, 7) is 8.01. The summed E-state index contributed by atoms with van der Waals surface area (Å²) in [6, 6.07) is 0. The molecule has 1 heteroatoms. The molecule has 54 valence electrons. The lowest BCUT2D eigenvalue weighted by molar-refractivity contribution is 0.128. The van der Waals surface area contributed by atoms with Gasteiger partial charge in [-0.05, 0) is 12.0 Å². The van der Waals surface area contributed by atoms with Gasteiger partial charge < -0.3 is 4.74 Å². The number of rotatable bonds is 3. The molecule has 0 N–H and O–H groups in total. The molecule has 0 aromatic carbocycles. The van der Waals surface area contributed by atoms with Crippen molar-refractivity contribution in [2.24, 2.45) is 0 Å². The molecule has 0 aromatic rings. The Labute approximate surface area is 61.7 Å². The van der Waals surface area contributed by atoms with Crippen molar-refractivity contribution in [1.29, 1.82) is 0 Å². The van der Waals surface area contributed by atoms with E-state index in [1.54, 1.807) is 0 Å². The third-order valence-corrected chi connectivity index (χ3v) is 1.53. The summed E-state index contributed by atoms with van der Waals surface area (Å²) in [7, 11) is 0. The van der Waals surface area contributed by atoms with Crippen molar-refractivity contribution in [2.75, 3.05) is 6.61 Å². The molecule has 1 aliphatic rings. The maximum Gasteiger partial charge on any atom is 0.0801 e. The molecule has 1 nitrogen and oxygen atoms in total. The highest BCUT2D eigenvalue weighted by atomic mass is 16.5. The van der Waals surface area contributed by atoms with E-state index in [0.29, 0.717) is 6.61 Å². The van der Waals surface area contributed by atoms with Crippen LogP contribution in [0.2, 0.25) is 0 Å². The highest BCUT2D eigenvalue weighted by molar-refractivity contribution is 5.22. The largest absolute Gasteiger partial charge is 0.369 e. The van der Waals surface area contributed by atoms with Gasteiger partial charge in [0, 0.05) is 0 Å². The van der Waals surface area contributed by atoms with E-state index in [0.717, 1.165) is 6.42 Å². The summed E-state index contributed by atoms with van der Waals surface area (Å²) >= 11 is 0. The molecule has 0 radical (unpaired) electrons. The summed E-state index contributed by atoms with van der Waals surface area (Å²) in [5, 5.41) is 0. The Kier molecular flexibility index (Phi) is 2.46. The Morgan fingerprint density at radius 3 is 3.00 bits per heavy atom. The van der Waals surface area contributed by atoms with Crippen molar-refractivity contribution in [3.63, 3.8) is 0 Å². The van der Waals surface area contributed by atoms with E-state index in [4.69, 9.17) is 4.74 Å². The topological polar surface area (TPSA) is 9.23 Å². The van der Waals surface area contributed by atoms with Crippen molar-refractivity contribution in [2.45, 2.75) is 12.5 Å². The van der Waals surface area contributed by atoms with Crippen LogP contribution in [-0.2, 0) is 4.74 Å². The van der Waals surface area contributed by atoms with E-state index in [1.807, 2.05) is 12.2 Å². The second-order valence-corrected chi connectivity index (χ2v) is 2.32. The molecule has 0 bridgehead atoms. The summed E-state index contributed by atoms with van der Waals surface area (Å²) in [5.74, 6) is 0. The quantitative estimate of drug-likeness (QED) is 0.540. The zero-order valence-corrected chi connectivity index (χ0v) is 6.05. The molecule has 1 aliphatic heterocycles. The van der Waals surface area contributed by atoms with E-state index < -0.39 is 0 Å². The Bertz CT molecular complexity index is 168. The molecule has 1 heterocycles. The minimum absolute atomic E-state index is 0.241. The molecular formula is C9H12O. The van der Waals surface area contributed by atoms with Crippen molar-refractivity contribution in [1.82, 2.24) is 0 Å². The molecule has 0 fully saturated rings. The van der Waals surface area contributed by atoms with Crippen molar-refractivity contribution >= 4 is 0 Å². The first-order valence-electron chi connectivity index (χ1n) is 3.42. The zero-order valence-electron chi connectivity index (χ0n) is 6.05. The summed E-state index contributed by atoms with van der Waals surface area (Å²) < 4.78 is 5.36. The fourth-order valence-corrected chi connectivity index (χ4v) is 0.966. The van der Waals surface area contributed by atoms with Crippen LogP contribution in [0.4, 0.5) is 0 Å². The maximum absolute atomic E-state index is 5.36. The van der Waals surface area contributed by atoms with Gasteiger partial charge in [-0.15, -0.1) is 6.58 Å². The lowest BCUT2D eigenvalue weighted by Crippen LogP contribution is -2.01. The van der Waals surface area contributed by atoms with Gasteiger partial charge in [0.15, 0.2) is 0 Å². The van der Waals surface area contributed by atoms with Gasteiger partial charge >= 0.3 is 0 Å². The number of ether oxygens (including phenoxy) is 1. The maximum atomic E-state index is 5.36. The molecule has 0 aliphatic carbocycles. The van der Waals surface area contributed by atoms with Crippen LogP contribution in [0.3, 0.4) is 0 Å². The Morgan fingerprint density at radius 1 is 1.70 bits per heavy atom. The Morgan fingerprint density at radius 2 is 2.50 bits per heavy atom. The van der Waals surface area contributed by atoms with Crippen LogP contribution in [0.15, 0.2) is 37.0 Å². The van der Waals surface area contributed by atoms with Crippen molar-refractivity contribution < 1.29 is 4.74 Å². The van der Waals surface area contributed by atoms with E-state index >= 15 is 0 Å². The molecule has 0 saturated carbocycles. The zero-order chi connectivity index (χ0) is 7.40. The molecular weight excluding hydrogens is 124 g/mol. The van der Waals surface area contributed by atoms with E-state index in [-0.39, 0.29) is 6.10 Å². The Hall–Kier alpha value is -0.820. The van der Waals surface area contributed by atoms with Gasteiger partial charge in [0.1, 0.15) is 0 Å². The Balaban J connectivity index is 2.46. The van der Waals surface area contributed by atoms with Gasteiger partial charge in [-0.1, -0.05) is 24.8 Å². The SMILES string of the molecule is C=CC[C@H]1C=C(C=C)CO1. The lowest BCUT2D eigenvalue weighted by Gasteiger charge is -2.01. The molecule has 1 rings (SSSR count). The second-order valence-electron chi connectivity index (χ2n) is 2.32. The van der Waals surface area contributed by atoms with Gasteiger partial charge in [0.05, 0.1) is 12.7 Å². The normalized spacial score (nSPS) is 24.0. The second kappa shape index (κ2) is 3.37. The molecule has 0 spiro atoms. The van der Waals surface area contributed by atoms with Gasteiger partial charge in [0.2, 0.25) is 0 Å². The standard InChI is InChI=1S/C9H12O/c1-3-5-9-6-8(4-2)7-10-9/h3-4,6,9H,1-2,5,7H2/t9-/m0/s1. The summed E-state index contributed by atoms with van der Waals surface area (Å²) in [5.41, 5.74) is 1.19. The van der Waals surface area contributed by atoms with Crippen molar-refractivity contribution in [3.05, 3.63) is 37.0 Å². The molecule has 0 amide bonds. The average Bonchev–Trinajstić information content (AvgIpc) is 2.37. The van der Waals surface area contributed by atoms with Crippen LogP contribution in [0, 0.1) is 0 Å². The third-order valence-electron chi connectivity index (χ3n) is 1.53. The van der Waals surface area contributed by atoms with E-state index in [9.17, 15) is 0 Å². The van der Waals surface area contributed by atoms with Gasteiger partial charge in [0.25, 0.3) is 0 Å². The minimum atomic E-state index is 0.241. The van der Waals surface area contributed by atoms with E-state index in [1.165, 1.54) is 5.57 Å². The average molecular weight is 136 g/mol. The van der Waals surface area contributed by atoms with Crippen LogP contribution < -0.4 is 0 Å². The summed E-state index contributed by atoms with van der Waals surface area (Å²) in [4.78, 5) is 0. The first-order valence-corrected chi connectivity index (χ1v) is 3.42. The highest BCUT2D eigenvalue weighted by Crippen LogP contribution is 2.14. The van der Waals surface area contributed by atoms with Crippen LogP contribution >= 0.6 is 0 Å². The third kappa shape index (κ3) is 1.58. The van der Waals surface area contributed by atoms with Crippen LogP contribution in [0.5, 0.6) is 0 Å². The first kappa shape index (κ1) is 7.29. The number of hydrogen-bond donors (Lipinski definition) is 0. The first-order chi connectivity index (χ1) is 4.86. The molecule has 0 unspecified atom stereocenters. The predicted molar refractivity (Wildman–Crippen MR) is 42.8 cm³/mol. The van der Waals surface area contributed by atoms with Gasteiger partial charge in [-0.25, -0.2) is 0 Å². The lowest BCUT2D eigenvalue weighted by atomic mass is 10.2. The highest BCUT2D eigenvalue weighted by Gasteiger charge is 2.11. The van der Waals surface area contributed by atoms with Gasteiger partial charge in [-0.3, -0.25) is 0 Å². The minimum Gasteiger partial charge on any atom is -0.369 e. The fraction of sp³-hybridized carbons (Fsp3) is 0.333. The van der Waals surface area contributed by atoms with Crippen LogP contribution in [0.1, 0.15) is 6.42 Å². The molecule has 0 aromatic heterocycles. The summed E-state index contributed by atoms with van der Waals surface area (Å²) in [6.07, 6.45) is 6.94. The van der Waals surface area contributed by atoms with Crippen LogP contribution in [0.25, 0.3) is 0 Å². The molecule has 1 atom stereocenters. The van der Waals surface area contributed by atoms with E-state index in [2.05, 4.69) is 19.2 Å². The molecule has 0 saturated heterocycles. The molecule has 10 heavy (non-hydrogen) atoms. The smallest absolute Gasteiger partial charge is 0.0801 e. The monoisotopic (exact) mass is 136 g/mol. The van der Waals surface area contributed by atoms with Crippen molar-refractivity contribution in [3.8, 4) is 0 Å². The fourth-order valence-electron chi connectivity index (χ4n) is 0.966. The predicted octanol–water partition coefficient (Wildman–Crippen LogP) is 2.07. The van der Waals surface area contributed by atoms with Gasteiger partial charge in [-0.2, -0.15) is 0 Å².